The molecule has 0 spiro atoms. The molecule has 0 saturated carbocycles. The molecular formula is C6H5N3O3S. The topological polar surface area (TPSA) is 95.3 Å². The second kappa shape index (κ2) is 3.79. The molecule has 0 fully saturated rings. The van der Waals surface area contributed by atoms with E-state index in [1.807, 2.05) is 0 Å². The Bertz CT molecular complexity index is 380. The van der Waals surface area contributed by atoms with E-state index in [-0.39, 0.29) is 16.3 Å². The molecule has 0 unspecified atom stereocenters. The fourth-order valence-electron chi connectivity index (χ4n) is 0.794. The van der Waals surface area contributed by atoms with Crippen molar-refractivity contribution in [3.63, 3.8) is 0 Å². The first-order valence-corrected chi connectivity index (χ1v) is 4.02. The lowest BCUT2D eigenvalue weighted by Crippen LogP contribution is -1.97. The molecule has 7 heteroatoms. The molecule has 1 aromatic rings. The van der Waals surface area contributed by atoms with E-state index in [1.54, 1.807) is 0 Å². The molecule has 0 amide bonds. The van der Waals surface area contributed by atoms with Gasteiger partial charge in [0.2, 0.25) is 0 Å². The first kappa shape index (κ1) is 9.37. The van der Waals surface area contributed by atoms with Crippen LogP contribution < -0.4 is 4.74 Å². The van der Waals surface area contributed by atoms with E-state index in [2.05, 4.69) is 10.0 Å². The maximum atomic E-state index is 10.7. The number of nitrogens with zero attached hydrogens (tertiary/aromatic N) is 3. The molecule has 0 saturated heterocycles. The summed E-state index contributed by atoms with van der Waals surface area (Å²) in [7, 11) is 1.36. The second-order valence-corrected chi connectivity index (χ2v) is 2.84. The van der Waals surface area contributed by atoms with Crippen LogP contribution in [0.3, 0.4) is 0 Å². The molecule has 0 aliphatic heterocycles. The summed E-state index contributed by atoms with van der Waals surface area (Å²) in [6, 6.07) is 0. The molecule has 0 aromatic carbocycles. The van der Waals surface area contributed by atoms with Gasteiger partial charge in [-0.1, -0.05) is 0 Å². The largest absolute Gasteiger partial charge is 0.495 e. The quantitative estimate of drug-likeness (QED) is 0.459. The van der Waals surface area contributed by atoms with Gasteiger partial charge in [-0.05, 0) is 10.6 Å². The van der Waals surface area contributed by atoms with Crippen LogP contribution in [0.5, 0.6) is 5.75 Å². The highest BCUT2D eigenvalue weighted by Gasteiger charge is 2.17. The molecule has 13 heavy (non-hydrogen) atoms. The van der Waals surface area contributed by atoms with Crippen molar-refractivity contribution in [3.05, 3.63) is 21.4 Å². The zero-order chi connectivity index (χ0) is 9.84. The van der Waals surface area contributed by atoms with Gasteiger partial charge in [-0.15, -0.1) is 11.3 Å². The number of thiophene rings is 1. The predicted octanol–water partition coefficient (Wildman–Crippen LogP) is 2.40. The number of carboxylic acids is 1. The Hall–Kier alpha value is -1.72. The van der Waals surface area contributed by atoms with E-state index < -0.39 is 5.97 Å². The highest BCUT2D eigenvalue weighted by atomic mass is 32.1. The van der Waals surface area contributed by atoms with E-state index in [4.69, 9.17) is 15.4 Å². The van der Waals surface area contributed by atoms with Gasteiger partial charge in [-0.3, -0.25) is 0 Å². The van der Waals surface area contributed by atoms with E-state index in [1.165, 1.54) is 12.5 Å². The number of carbonyl (C=O) groups is 1. The van der Waals surface area contributed by atoms with Crippen LogP contribution in [0.25, 0.3) is 10.4 Å². The van der Waals surface area contributed by atoms with Crippen molar-refractivity contribution in [3.8, 4) is 5.75 Å². The minimum absolute atomic E-state index is 0.0923. The van der Waals surface area contributed by atoms with Gasteiger partial charge in [-0.2, -0.15) is 0 Å². The molecule has 0 atom stereocenters. The predicted molar refractivity (Wildman–Crippen MR) is 46.6 cm³/mol. The first-order valence-electron chi connectivity index (χ1n) is 3.14. The standard InChI is InChI=1S/C6H5N3O3S/c1-12-3-2-13-5(8-9-7)4(3)6(10)11/h2H,1H3,(H,10,11). The smallest absolute Gasteiger partial charge is 0.340 e. The zero-order valence-corrected chi connectivity index (χ0v) is 7.41. The molecular weight excluding hydrogens is 194 g/mol. The Morgan fingerprint density at radius 3 is 3.00 bits per heavy atom. The van der Waals surface area contributed by atoms with E-state index in [9.17, 15) is 4.79 Å². The zero-order valence-electron chi connectivity index (χ0n) is 6.59. The molecule has 68 valence electrons. The van der Waals surface area contributed by atoms with Crippen LogP contribution in [-0.4, -0.2) is 18.2 Å². The van der Waals surface area contributed by atoms with Gasteiger partial charge in [0.25, 0.3) is 0 Å². The highest BCUT2D eigenvalue weighted by molar-refractivity contribution is 7.14. The maximum absolute atomic E-state index is 10.7. The lowest BCUT2D eigenvalue weighted by Gasteiger charge is -1.97. The molecule has 0 radical (unpaired) electrons. The summed E-state index contributed by atoms with van der Waals surface area (Å²) in [4.78, 5) is 13.2. The van der Waals surface area contributed by atoms with Crippen molar-refractivity contribution in [2.24, 2.45) is 5.11 Å². The number of aromatic carboxylic acids is 1. The fourth-order valence-corrected chi connectivity index (χ4v) is 1.62. The van der Waals surface area contributed by atoms with Crippen molar-refractivity contribution >= 4 is 22.3 Å². The number of methoxy groups -OCH3 is 1. The summed E-state index contributed by atoms with van der Waals surface area (Å²) in [5.41, 5.74) is 8.05. The average Bonchev–Trinajstić information content (AvgIpc) is 2.48. The van der Waals surface area contributed by atoms with E-state index in [0.29, 0.717) is 0 Å². The number of rotatable bonds is 3. The Morgan fingerprint density at radius 1 is 1.85 bits per heavy atom. The maximum Gasteiger partial charge on any atom is 0.340 e. The van der Waals surface area contributed by atoms with Crippen molar-refractivity contribution in [2.75, 3.05) is 7.11 Å². The van der Waals surface area contributed by atoms with Gasteiger partial charge in [0, 0.05) is 10.3 Å². The van der Waals surface area contributed by atoms with Crippen LogP contribution in [0.1, 0.15) is 10.4 Å². The summed E-state index contributed by atoms with van der Waals surface area (Å²) >= 11 is 1.03. The highest BCUT2D eigenvalue weighted by Crippen LogP contribution is 2.36. The minimum atomic E-state index is -1.17. The third kappa shape index (κ3) is 1.71. The SMILES string of the molecule is COc1csc(N=[N+]=[N-])c1C(=O)O. The van der Waals surface area contributed by atoms with Crippen LogP contribution >= 0.6 is 11.3 Å². The Kier molecular flexibility index (Phi) is 2.73. The van der Waals surface area contributed by atoms with E-state index in [0.717, 1.165) is 11.3 Å². The first-order chi connectivity index (χ1) is 6.20. The lowest BCUT2D eigenvalue weighted by atomic mass is 10.3. The van der Waals surface area contributed by atoms with Crippen molar-refractivity contribution in [1.82, 2.24) is 0 Å². The summed E-state index contributed by atoms with van der Waals surface area (Å²) < 4.78 is 4.78. The molecule has 1 rings (SSSR count). The number of carboxylic acid groups (broad SMARTS) is 1. The Balaban J connectivity index is 3.29. The van der Waals surface area contributed by atoms with Gasteiger partial charge in [0.1, 0.15) is 16.3 Å². The monoisotopic (exact) mass is 199 g/mol. The molecule has 1 heterocycles. The van der Waals surface area contributed by atoms with E-state index >= 15 is 0 Å². The fraction of sp³-hybridized carbons (Fsp3) is 0.167. The molecule has 0 aliphatic rings. The van der Waals surface area contributed by atoms with Crippen molar-refractivity contribution in [1.29, 1.82) is 0 Å². The number of hydrogen-bond donors (Lipinski definition) is 1. The molecule has 6 nitrogen and oxygen atoms in total. The average molecular weight is 199 g/mol. The number of hydrogen-bond acceptors (Lipinski definition) is 4. The lowest BCUT2D eigenvalue weighted by molar-refractivity contribution is 0.0695. The van der Waals surface area contributed by atoms with Crippen LogP contribution in [0.15, 0.2) is 10.5 Å². The molecule has 0 bridgehead atoms. The van der Waals surface area contributed by atoms with Gasteiger partial charge in [0.05, 0.1) is 7.11 Å². The summed E-state index contributed by atoms with van der Waals surface area (Å²) in [6.07, 6.45) is 0. The molecule has 0 aliphatic carbocycles. The van der Waals surface area contributed by atoms with Crippen LogP contribution in [0.4, 0.5) is 5.00 Å². The van der Waals surface area contributed by atoms with Crippen LogP contribution in [0, 0.1) is 0 Å². The van der Waals surface area contributed by atoms with Crippen molar-refractivity contribution < 1.29 is 14.6 Å². The van der Waals surface area contributed by atoms with Gasteiger partial charge in [0.15, 0.2) is 0 Å². The van der Waals surface area contributed by atoms with Gasteiger partial charge in [-0.25, -0.2) is 4.79 Å². The third-order valence-electron chi connectivity index (χ3n) is 1.31. The molecule has 1 aromatic heterocycles. The van der Waals surface area contributed by atoms with Crippen molar-refractivity contribution in [2.45, 2.75) is 0 Å². The van der Waals surface area contributed by atoms with Crippen LogP contribution in [0.2, 0.25) is 0 Å². The minimum Gasteiger partial charge on any atom is -0.495 e. The van der Waals surface area contributed by atoms with Crippen LogP contribution in [-0.2, 0) is 0 Å². The Morgan fingerprint density at radius 2 is 2.54 bits per heavy atom. The molecule has 1 N–H and O–H groups in total. The summed E-state index contributed by atoms with van der Waals surface area (Å²) in [6.45, 7) is 0. The normalized spacial score (nSPS) is 9.00. The van der Waals surface area contributed by atoms with Gasteiger partial charge < -0.3 is 9.84 Å². The van der Waals surface area contributed by atoms with Gasteiger partial charge >= 0.3 is 5.97 Å². The third-order valence-corrected chi connectivity index (χ3v) is 2.15. The number of azide groups is 1. The number of ether oxygens (including phenoxy) is 1. The summed E-state index contributed by atoms with van der Waals surface area (Å²) in [5.74, 6) is -0.958. The summed E-state index contributed by atoms with van der Waals surface area (Å²) in [5, 5.41) is 13.6. The Labute approximate surface area is 77.0 Å². The second-order valence-electron chi connectivity index (χ2n) is 1.98.